The molecule has 1 saturated heterocycles. The van der Waals surface area contributed by atoms with Crippen LogP contribution in [-0.4, -0.2) is 55.7 Å². The number of hydrogen-bond acceptors (Lipinski definition) is 4. The number of nitrogens with one attached hydrogen (secondary N) is 1. The van der Waals surface area contributed by atoms with Crippen LogP contribution in [0.1, 0.15) is 25.7 Å². The molecule has 5 heteroatoms. The number of carbonyl (C=O) groups excluding carboxylic acids is 1. The molecule has 0 aromatic rings. The highest BCUT2D eigenvalue weighted by atomic mass is 16.5. The van der Waals surface area contributed by atoms with Crippen LogP contribution in [0, 0.1) is 0 Å². The molecule has 17 heavy (non-hydrogen) atoms. The summed E-state index contributed by atoms with van der Waals surface area (Å²) < 4.78 is 5.35. The van der Waals surface area contributed by atoms with E-state index in [1.807, 2.05) is 7.05 Å². The van der Waals surface area contributed by atoms with E-state index in [1.165, 1.54) is 12.8 Å². The third kappa shape index (κ3) is 2.97. The largest absolute Gasteiger partial charge is 0.378 e. The number of rotatable bonds is 3. The van der Waals surface area contributed by atoms with Crippen LogP contribution >= 0.6 is 0 Å². The number of nitrogens with two attached hydrogens (primary N) is 1. The van der Waals surface area contributed by atoms with Crippen LogP contribution in [0.2, 0.25) is 0 Å². The molecule has 3 N–H and O–H groups in total. The molecule has 0 aromatic carbocycles. The van der Waals surface area contributed by atoms with Gasteiger partial charge in [0, 0.05) is 18.6 Å². The lowest BCUT2D eigenvalue weighted by Crippen LogP contribution is -2.57. The molecular weight excluding hydrogens is 218 g/mol. The van der Waals surface area contributed by atoms with Crippen molar-refractivity contribution in [2.75, 3.05) is 26.8 Å². The van der Waals surface area contributed by atoms with Gasteiger partial charge in [0.2, 0.25) is 5.91 Å². The lowest BCUT2D eigenvalue weighted by molar-refractivity contribution is -0.132. The molecule has 1 saturated carbocycles. The minimum absolute atomic E-state index is 0.222. The van der Waals surface area contributed by atoms with Crippen LogP contribution in [0.25, 0.3) is 0 Å². The molecule has 2 rings (SSSR count). The second kappa shape index (κ2) is 5.80. The molecule has 2 aliphatic rings. The van der Waals surface area contributed by atoms with Crippen molar-refractivity contribution in [3.05, 3.63) is 0 Å². The quantitative estimate of drug-likeness (QED) is 0.712. The number of morpholine rings is 1. The number of primary amides is 1. The van der Waals surface area contributed by atoms with Gasteiger partial charge in [-0.25, -0.2) is 0 Å². The maximum absolute atomic E-state index is 11.4. The maximum atomic E-state index is 11.4. The lowest BCUT2D eigenvalue weighted by Gasteiger charge is -2.42. The molecule has 1 atom stereocenters. The number of carbonyl (C=O) groups is 1. The molecule has 0 aromatic heterocycles. The minimum Gasteiger partial charge on any atom is -0.378 e. The summed E-state index contributed by atoms with van der Waals surface area (Å²) in [6, 6.07) is 0.917. The van der Waals surface area contributed by atoms with E-state index < -0.39 is 0 Å². The third-order valence-electron chi connectivity index (χ3n) is 4.07. The van der Waals surface area contributed by atoms with Gasteiger partial charge in [-0.3, -0.25) is 9.69 Å². The minimum atomic E-state index is -0.250. The zero-order valence-corrected chi connectivity index (χ0v) is 10.5. The smallest absolute Gasteiger partial charge is 0.237 e. The van der Waals surface area contributed by atoms with Gasteiger partial charge in [-0.2, -0.15) is 0 Å². The van der Waals surface area contributed by atoms with E-state index >= 15 is 0 Å². The number of amides is 1. The first-order valence-electron chi connectivity index (χ1n) is 6.52. The Morgan fingerprint density at radius 2 is 2.06 bits per heavy atom. The van der Waals surface area contributed by atoms with Crippen molar-refractivity contribution in [1.29, 1.82) is 0 Å². The summed E-state index contributed by atoms with van der Waals surface area (Å²) in [5, 5.41) is 3.33. The summed E-state index contributed by atoms with van der Waals surface area (Å²) in [6.07, 6.45) is 4.67. The zero-order valence-electron chi connectivity index (χ0n) is 10.5. The van der Waals surface area contributed by atoms with Crippen molar-refractivity contribution in [1.82, 2.24) is 10.2 Å². The number of nitrogens with zero attached hydrogens (tertiary/aromatic N) is 1. The summed E-state index contributed by atoms with van der Waals surface area (Å²) in [7, 11) is 2.02. The van der Waals surface area contributed by atoms with Gasteiger partial charge >= 0.3 is 0 Å². The second-order valence-electron chi connectivity index (χ2n) is 5.03. The molecule has 1 amide bonds. The van der Waals surface area contributed by atoms with Crippen LogP contribution in [-0.2, 0) is 9.53 Å². The molecule has 5 nitrogen and oxygen atoms in total. The molecule has 98 valence electrons. The zero-order chi connectivity index (χ0) is 12.3. The number of hydrogen-bond donors (Lipinski definition) is 2. The normalized spacial score (nSPS) is 35.7. The topological polar surface area (TPSA) is 67.6 Å². The number of ether oxygens (including phenoxy) is 1. The van der Waals surface area contributed by atoms with Crippen LogP contribution in [0.15, 0.2) is 0 Å². The molecule has 1 heterocycles. The van der Waals surface area contributed by atoms with Crippen LogP contribution in [0.4, 0.5) is 0 Å². The lowest BCUT2D eigenvalue weighted by atomic mass is 9.89. The predicted octanol–water partition coefficient (Wildman–Crippen LogP) is -0.297. The van der Waals surface area contributed by atoms with E-state index in [2.05, 4.69) is 10.2 Å². The van der Waals surface area contributed by atoms with Gasteiger partial charge in [-0.1, -0.05) is 0 Å². The Hall–Kier alpha value is -0.650. The van der Waals surface area contributed by atoms with Crippen molar-refractivity contribution in [3.63, 3.8) is 0 Å². The Morgan fingerprint density at radius 3 is 2.65 bits per heavy atom. The van der Waals surface area contributed by atoms with E-state index in [-0.39, 0.29) is 11.9 Å². The van der Waals surface area contributed by atoms with Crippen molar-refractivity contribution >= 4 is 5.91 Å². The van der Waals surface area contributed by atoms with Gasteiger partial charge < -0.3 is 15.8 Å². The van der Waals surface area contributed by atoms with Crippen molar-refractivity contribution < 1.29 is 9.53 Å². The van der Waals surface area contributed by atoms with Gasteiger partial charge in [0.25, 0.3) is 0 Å². The average molecular weight is 241 g/mol. The molecule has 1 unspecified atom stereocenters. The highest BCUT2D eigenvalue weighted by molar-refractivity contribution is 5.80. The third-order valence-corrected chi connectivity index (χ3v) is 4.07. The van der Waals surface area contributed by atoms with E-state index in [0.717, 1.165) is 26.0 Å². The van der Waals surface area contributed by atoms with Gasteiger partial charge in [0.1, 0.15) is 6.04 Å². The SMILES string of the molecule is CNC1CCC(N2CCOCC2C(N)=O)CC1. The molecular formula is C12H23N3O2. The highest BCUT2D eigenvalue weighted by Crippen LogP contribution is 2.25. The first kappa shape index (κ1) is 12.8. The first-order valence-corrected chi connectivity index (χ1v) is 6.52. The van der Waals surface area contributed by atoms with Gasteiger partial charge in [-0.05, 0) is 32.7 Å². The highest BCUT2D eigenvalue weighted by Gasteiger charge is 2.34. The Kier molecular flexibility index (Phi) is 4.36. The Morgan fingerprint density at radius 1 is 1.35 bits per heavy atom. The Bertz CT molecular complexity index is 264. The summed E-state index contributed by atoms with van der Waals surface area (Å²) in [4.78, 5) is 13.7. The van der Waals surface area contributed by atoms with Gasteiger partial charge in [0.15, 0.2) is 0 Å². The van der Waals surface area contributed by atoms with Crippen LogP contribution in [0.5, 0.6) is 0 Å². The monoisotopic (exact) mass is 241 g/mol. The van der Waals surface area contributed by atoms with E-state index in [1.54, 1.807) is 0 Å². The predicted molar refractivity (Wildman–Crippen MR) is 65.6 cm³/mol. The Labute approximate surface area is 103 Å². The first-order chi connectivity index (χ1) is 8.22. The molecule has 1 aliphatic carbocycles. The fraction of sp³-hybridized carbons (Fsp3) is 0.917. The average Bonchev–Trinajstić information content (AvgIpc) is 2.39. The van der Waals surface area contributed by atoms with Crippen molar-refractivity contribution in [2.45, 2.75) is 43.8 Å². The van der Waals surface area contributed by atoms with Gasteiger partial charge in [-0.15, -0.1) is 0 Å². The van der Waals surface area contributed by atoms with Crippen LogP contribution < -0.4 is 11.1 Å². The second-order valence-corrected chi connectivity index (χ2v) is 5.03. The van der Waals surface area contributed by atoms with Crippen molar-refractivity contribution in [2.24, 2.45) is 5.73 Å². The molecule has 2 fully saturated rings. The summed E-state index contributed by atoms with van der Waals surface area (Å²) in [5.74, 6) is -0.250. The summed E-state index contributed by atoms with van der Waals surface area (Å²) in [6.45, 7) is 2.01. The van der Waals surface area contributed by atoms with E-state index in [0.29, 0.717) is 18.7 Å². The van der Waals surface area contributed by atoms with E-state index in [9.17, 15) is 4.79 Å². The summed E-state index contributed by atoms with van der Waals surface area (Å²) in [5.41, 5.74) is 5.44. The van der Waals surface area contributed by atoms with Crippen molar-refractivity contribution in [3.8, 4) is 0 Å². The fourth-order valence-electron chi connectivity index (χ4n) is 3.00. The van der Waals surface area contributed by atoms with E-state index in [4.69, 9.17) is 10.5 Å². The van der Waals surface area contributed by atoms with Crippen LogP contribution in [0.3, 0.4) is 0 Å². The molecule has 0 bridgehead atoms. The fourth-order valence-corrected chi connectivity index (χ4v) is 3.00. The molecule has 0 radical (unpaired) electrons. The molecule has 0 spiro atoms. The molecule has 1 aliphatic heterocycles. The van der Waals surface area contributed by atoms with Gasteiger partial charge in [0.05, 0.1) is 13.2 Å². The Balaban J connectivity index is 1.93. The summed E-state index contributed by atoms with van der Waals surface area (Å²) >= 11 is 0. The maximum Gasteiger partial charge on any atom is 0.237 e. The standard InChI is InChI=1S/C12H23N3O2/c1-14-9-2-4-10(5-3-9)15-6-7-17-8-11(15)12(13)16/h9-11,14H,2-8H2,1H3,(H2,13,16).